The number of likely N-dealkylation sites (N-methyl/N-ethyl adjacent to an activating group) is 1. The van der Waals surface area contributed by atoms with Gasteiger partial charge in [0.05, 0.1) is 19.8 Å². The molecule has 20 heavy (non-hydrogen) atoms. The monoisotopic (exact) mass is 343 g/mol. The standard InChI is InChI=1S/C14H22BrN3O2/c1-18(2)7-9-20-8-6-16-11-14(19)17-13-5-3-4-12(15)10-13/h3-5,10,16H,6-9,11H2,1-2H3,(H,17,19). The minimum absolute atomic E-state index is 0.0589. The molecule has 2 N–H and O–H groups in total. The summed E-state index contributed by atoms with van der Waals surface area (Å²) in [7, 11) is 4.02. The normalized spacial score (nSPS) is 10.8. The minimum Gasteiger partial charge on any atom is -0.379 e. The van der Waals surface area contributed by atoms with Crippen LogP contribution in [0.2, 0.25) is 0 Å². The maximum Gasteiger partial charge on any atom is 0.238 e. The first kappa shape index (κ1) is 17.1. The number of halogens is 1. The van der Waals surface area contributed by atoms with Crippen molar-refractivity contribution in [2.24, 2.45) is 0 Å². The number of nitrogens with zero attached hydrogens (tertiary/aromatic N) is 1. The highest BCUT2D eigenvalue weighted by atomic mass is 79.9. The number of benzene rings is 1. The number of nitrogens with one attached hydrogen (secondary N) is 2. The Morgan fingerprint density at radius 3 is 2.85 bits per heavy atom. The summed E-state index contributed by atoms with van der Waals surface area (Å²) in [5, 5.41) is 5.87. The Balaban J connectivity index is 2.06. The van der Waals surface area contributed by atoms with Crippen molar-refractivity contribution in [1.29, 1.82) is 0 Å². The number of hydrogen-bond acceptors (Lipinski definition) is 4. The van der Waals surface area contributed by atoms with Gasteiger partial charge in [-0.25, -0.2) is 0 Å². The Hall–Kier alpha value is -0.950. The zero-order valence-electron chi connectivity index (χ0n) is 12.0. The van der Waals surface area contributed by atoms with E-state index in [1.54, 1.807) is 0 Å². The SMILES string of the molecule is CN(C)CCOCCNCC(=O)Nc1cccc(Br)c1. The van der Waals surface area contributed by atoms with E-state index in [4.69, 9.17) is 4.74 Å². The second-order valence-electron chi connectivity index (χ2n) is 4.65. The van der Waals surface area contributed by atoms with Gasteiger partial charge in [-0.05, 0) is 32.3 Å². The largest absolute Gasteiger partial charge is 0.379 e. The maximum atomic E-state index is 11.7. The van der Waals surface area contributed by atoms with Gasteiger partial charge in [-0.2, -0.15) is 0 Å². The molecule has 0 saturated heterocycles. The molecule has 5 nitrogen and oxygen atoms in total. The molecule has 0 saturated carbocycles. The van der Waals surface area contributed by atoms with Crippen LogP contribution in [-0.4, -0.2) is 57.8 Å². The highest BCUT2D eigenvalue weighted by molar-refractivity contribution is 9.10. The van der Waals surface area contributed by atoms with Crippen LogP contribution in [0.3, 0.4) is 0 Å². The third-order valence-electron chi connectivity index (χ3n) is 2.50. The van der Waals surface area contributed by atoms with Gasteiger partial charge in [-0.3, -0.25) is 4.79 Å². The molecule has 0 aliphatic rings. The predicted octanol–water partition coefficient (Wildman–Crippen LogP) is 1.56. The quantitative estimate of drug-likeness (QED) is 0.668. The number of carbonyl (C=O) groups is 1. The molecule has 0 bridgehead atoms. The topological polar surface area (TPSA) is 53.6 Å². The third-order valence-corrected chi connectivity index (χ3v) is 2.99. The van der Waals surface area contributed by atoms with Crippen molar-refractivity contribution < 1.29 is 9.53 Å². The van der Waals surface area contributed by atoms with Gasteiger partial charge in [0.15, 0.2) is 0 Å². The summed E-state index contributed by atoms with van der Waals surface area (Å²) < 4.78 is 6.36. The smallest absolute Gasteiger partial charge is 0.238 e. The molecule has 0 fully saturated rings. The molecule has 6 heteroatoms. The molecule has 0 heterocycles. The Labute approximate surface area is 128 Å². The van der Waals surface area contributed by atoms with Crippen LogP contribution >= 0.6 is 15.9 Å². The Morgan fingerprint density at radius 2 is 2.15 bits per heavy atom. The Morgan fingerprint density at radius 1 is 1.35 bits per heavy atom. The molecule has 0 spiro atoms. The molecule has 0 aliphatic carbocycles. The molecule has 1 aromatic rings. The minimum atomic E-state index is -0.0589. The number of ether oxygens (including phenoxy) is 1. The van der Waals surface area contributed by atoms with Crippen LogP contribution in [0.25, 0.3) is 0 Å². The average Bonchev–Trinajstić information content (AvgIpc) is 2.37. The van der Waals surface area contributed by atoms with Crippen molar-refractivity contribution in [3.63, 3.8) is 0 Å². The first-order valence-electron chi connectivity index (χ1n) is 6.56. The van der Waals surface area contributed by atoms with E-state index >= 15 is 0 Å². The molecule has 0 radical (unpaired) electrons. The van der Waals surface area contributed by atoms with Crippen LogP contribution < -0.4 is 10.6 Å². The van der Waals surface area contributed by atoms with Crippen molar-refractivity contribution >= 4 is 27.5 Å². The third kappa shape index (κ3) is 8.27. The summed E-state index contributed by atoms with van der Waals surface area (Å²) in [5.74, 6) is -0.0589. The van der Waals surface area contributed by atoms with Gasteiger partial charge in [0.2, 0.25) is 5.91 Å². The molecule has 0 aromatic heterocycles. The molecule has 0 aliphatic heterocycles. The van der Waals surface area contributed by atoms with Crippen LogP contribution in [0.1, 0.15) is 0 Å². The summed E-state index contributed by atoms with van der Waals surface area (Å²) in [6, 6.07) is 7.51. The van der Waals surface area contributed by atoms with Gasteiger partial charge in [-0.1, -0.05) is 22.0 Å². The van der Waals surface area contributed by atoms with Crippen molar-refractivity contribution in [3.8, 4) is 0 Å². The van der Waals surface area contributed by atoms with Crippen molar-refractivity contribution in [3.05, 3.63) is 28.7 Å². The highest BCUT2D eigenvalue weighted by Gasteiger charge is 2.01. The number of amides is 1. The lowest BCUT2D eigenvalue weighted by atomic mass is 10.3. The molecule has 0 unspecified atom stereocenters. The second-order valence-corrected chi connectivity index (χ2v) is 5.57. The van der Waals surface area contributed by atoms with Crippen LogP contribution in [-0.2, 0) is 9.53 Å². The van der Waals surface area contributed by atoms with E-state index in [-0.39, 0.29) is 12.5 Å². The molecular weight excluding hydrogens is 322 g/mol. The van der Waals surface area contributed by atoms with Crippen LogP contribution in [0, 0.1) is 0 Å². The van der Waals surface area contributed by atoms with E-state index in [1.807, 2.05) is 38.4 Å². The fraction of sp³-hybridized carbons (Fsp3) is 0.500. The Bertz CT molecular complexity index is 413. The summed E-state index contributed by atoms with van der Waals surface area (Å²) in [4.78, 5) is 13.7. The van der Waals surface area contributed by atoms with E-state index < -0.39 is 0 Å². The number of carbonyl (C=O) groups excluding carboxylic acids is 1. The molecule has 112 valence electrons. The molecular formula is C14H22BrN3O2. The zero-order chi connectivity index (χ0) is 14.8. The van der Waals surface area contributed by atoms with Gasteiger partial charge in [0.1, 0.15) is 0 Å². The van der Waals surface area contributed by atoms with E-state index in [2.05, 4.69) is 31.5 Å². The zero-order valence-corrected chi connectivity index (χ0v) is 13.6. The van der Waals surface area contributed by atoms with E-state index in [1.165, 1.54) is 0 Å². The van der Waals surface area contributed by atoms with Crippen molar-refractivity contribution in [2.75, 3.05) is 52.3 Å². The van der Waals surface area contributed by atoms with Gasteiger partial charge < -0.3 is 20.3 Å². The lowest BCUT2D eigenvalue weighted by molar-refractivity contribution is -0.115. The van der Waals surface area contributed by atoms with E-state index in [0.29, 0.717) is 19.8 Å². The summed E-state index contributed by atoms with van der Waals surface area (Å²) in [6.07, 6.45) is 0. The van der Waals surface area contributed by atoms with Crippen molar-refractivity contribution in [2.45, 2.75) is 0 Å². The predicted molar refractivity (Wildman–Crippen MR) is 85.0 cm³/mol. The number of anilines is 1. The first-order chi connectivity index (χ1) is 9.58. The molecule has 1 amide bonds. The van der Waals surface area contributed by atoms with Gasteiger partial charge in [0.25, 0.3) is 0 Å². The average molecular weight is 344 g/mol. The van der Waals surface area contributed by atoms with E-state index in [9.17, 15) is 4.79 Å². The summed E-state index contributed by atoms with van der Waals surface area (Å²) in [6.45, 7) is 3.17. The van der Waals surface area contributed by atoms with Crippen LogP contribution in [0.4, 0.5) is 5.69 Å². The summed E-state index contributed by atoms with van der Waals surface area (Å²) >= 11 is 3.36. The lowest BCUT2D eigenvalue weighted by Crippen LogP contribution is -2.31. The van der Waals surface area contributed by atoms with Crippen molar-refractivity contribution in [1.82, 2.24) is 10.2 Å². The molecule has 0 atom stereocenters. The highest BCUT2D eigenvalue weighted by Crippen LogP contribution is 2.15. The lowest BCUT2D eigenvalue weighted by Gasteiger charge is -2.10. The van der Waals surface area contributed by atoms with Crippen LogP contribution in [0.15, 0.2) is 28.7 Å². The fourth-order valence-corrected chi connectivity index (χ4v) is 1.87. The number of rotatable bonds is 9. The second kappa shape index (κ2) is 9.88. The maximum absolute atomic E-state index is 11.7. The summed E-state index contributed by atoms with van der Waals surface area (Å²) in [5.41, 5.74) is 0.786. The fourth-order valence-electron chi connectivity index (χ4n) is 1.47. The van der Waals surface area contributed by atoms with Gasteiger partial charge in [0, 0.05) is 23.2 Å². The first-order valence-corrected chi connectivity index (χ1v) is 7.36. The van der Waals surface area contributed by atoms with E-state index in [0.717, 1.165) is 16.7 Å². The van der Waals surface area contributed by atoms with Gasteiger partial charge in [-0.15, -0.1) is 0 Å². The molecule has 1 rings (SSSR count). The van der Waals surface area contributed by atoms with Gasteiger partial charge >= 0.3 is 0 Å². The Kier molecular flexibility index (Phi) is 8.45. The number of hydrogen-bond donors (Lipinski definition) is 2. The molecule has 1 aromatic carbocycles. The van der Waals surface area contributed by atoms with Crippen LogP contribution in [0.5, 0.6) is 0 Å².